The predicted molar refractivity (Wildman–Crippen MR) is 75.1 cm³/mol. The minimum absolute atomic E-state index is 0.102. The van der Waals surface area contributed by atoms with Crippen LogP contribution in [0.25, 0.3) is 0 Å². The average Bonchev–Trinajstić information content (AvgIpc) is 2.81. The van der Waals surface area contributed by atoms with Gasteiger partial charge >= 0.3 is 0 Å². The van der Waals surface area contributed by atoms with Gasteiger partial charge in [-0.25, -0.2) is 9.97 Å². The van der Waals surface area contributed by atoms with Gasteiger partial charge in [0.1, 0.15) is 12.0 Å². The van der Waals surface area contributed by atoms with Gasteiger partial charge in [-0.15, -0.1) is 0 Å². The number of nitrogens with zero attached hydrogens (tertiary/aromatic N) is 4. The lowest BCUT2D eigenvalue weighted by Crippen LogP contribution is -2.17. The normalized spacial score (nSPS) is 14.9. The summed E-state index contributed by atoms with van der Waals surface area (Å²) >= 11 is 11.8. The van der Waals surface area contributed by atoms with Crippen molar-refractivity contribution >= 4 is 34.8 Å². The molecule has 2 heterocycles. The van der Waals surface area contributed by atoms with Crippen LogP contribution in [0.15, 0.2) is 18.7 Å². The molecule has 6 nitrogen and oxygen atoms in total. The largest absolute Gasteiger partial charge is 0.317 e. The lowest BCUT2D eigenvalue weighted by Gasteiger charge is -2.25. The SMILES string of the molecule is O=C(Nc1c(Cl)ncnc1Cl)c1cnn(C2CCC2)c1. The molecule has 1 fully saturated rings. The molecule has 0 unspecified atom stereocenters. The predicted octanol–water partition coefficient (Wildman–Crippen LogP) is 2.96. The van der Waals surface area contributed by atoms with Crippen LogP contribution in [0.3, 0.4) is 0 Å². The van der Waals surface area contributed by atoms with E-state index in [1.54, 1.807) is 6.20 Å². The van der Waals surface area contributed by atoms with Crippen LogP contribution >= 0.6 is 23.2 Å². The number of amides is 1. The number of anilines is 1. The molecule has 1 amide bonds. The first-order chi connectivity index (χ1) is 9.65. The molecule has 3 rings (SSSR count). The molecule has 0 radical (unpaired) electrons. The van der Waals surface area contributed by atoms with Crippen molar-refractivity contribution < 1.29 is 4.79 Å². The molecular weight excluding hydrogens is 301 g/mol. The highest BCUT2D eigenvalue weighted by Gasteiger charge is 2.21. The lowest BCUT2D eigenvalue weighted by atomic mass is 9.93. The molecule has 1 aliphatic rings. The number of carbonyl (C=O) groups is 1. The summed E-state index contributed by atoms with van der Waals surface area (Å²) in [5.41, 5.74) is 0.658. The third kappa shape index (κ3) is 2.48. The molecule has 0 spiro atoms. The summed E-state index contributed by atoms with van der Waals surface area (Å²) in [7, 11) is 0. The zero-order valence-electron chi connectivity index (χ0n) is 10.4. The molecule has 2 aromatic rings. The van der Waals surface area contributed by atoms with Gasteiger partial charge in [-0.05, 0) is 19.3 Å². The Bertz CT molecular complexity index is 633. The molecule has 20 heavy (non-hydrogen) atoms. The van der Waals surface area contributed by atoms with E-state index in [1.165, 1.54) is 18.9 Å². The Morgan fingerprint density at radius 2 is 2.00 bits per heavy atom. The second-order valence-electron chi connectivity index (χ2n) is 4.58. The fraction of sp³-hybridized carbons (Fsp3) is 0.333. The number of hydrogen-bond donors (Lipinski definition) is 1. The summed E-state index contributed by atoms with van der Waals surface area (Å²) in [6.07, 6.45) is 7.90. The zero-order valence-corrected chi connectivity index (χ0v) is 11.9. The molecule has 0 atom stereocenters. The number of hydrogen-bond acceptors (Lipinski definition) is 4. The number of carbonyl (C=O) groups excluding carboxylic acids is 1. The molecule has 104 valence electrons. The Labute approximate surface area is 125 Å². The second kappa shape index (κ2) is 5.38. The van der Waals surface area contributed by atoms with Crippen molar-refractivity contribution in [3.05, 3.63) is 34.6 Å². The maximum Gasteiger partial charge on any atom is 0.259 e. The Hall–Kier alpha value is -1.66. The summed E-state index contributed by atoms with van der Waals surface area (Å²) in [5.74, 6) is -0.339. The minimum Gasteiger partial charge on any atom is -0.317 e. The van der Waals surface area contributed by atoms with Crippen LogP contribution in [-0.4, -0.2) is 25.7 Å². The van der Waals surface area contributed by atoms with Gasteiger partial charge in [0, 0.05) is 6.20 Å². The molecule has 1 N–H and O–H groups in total. The van der Waals surface area contributed by atoms with Gasteiger partial charge in [-0.1, -0.05) is 23.2 Å². The van der Waals surface area contributed by atoms with Crippen molar-refractivity contribution in [2.75, 3.05) is 5.32 Å². The number of halogens is 2. The standard InChI is InChI=1S/C12H11Cl2N5O/c13-10-9(11(14)16-6-15-10)18-12(20)7-4-17-19(5-7)8-2-1-3-8/h4-6,8H,1-3H2,(H,18,20). The monoisotopic (exact) mass is 311 g/mol. The number of nitrogens with one attached hydrogen (secondary N) is 1. The van der Waals surface area contributed by atoms with Gasteiger partial charge < -0.3 is 5.32 Å². The summed E-state index contributed by atoms with van der Waals surface area (Å²) in [6.45, 7) is 0. The van der Waals surface area contributed by atoms with E-state index >= 15 is 0 Å². The van der Waals surface area contributed by atoms with Crippen LogP contribution in [-0.2, 0) is 0 Å². The van der Waals surface area contributed by atoms with Crippen molar-refractivity contribution in [3.63, 3.8) is 0 Å². The summed E-state index contributed by atoms with van der Waals surface area (Å²) in [5, 5.41) is 7.01. The van der Waals surface area contributed by atoms with Crippen molar-refractivity contribution in [2.45, 2.75) is 25.3 Å². The third-order valence-electron chi connectivity index (χ3n) is 3.31. The zero-order chi connectivity index (χ0) is 14.1. The van der Waals surface area contributed by atoms with Crippen LogP contribution in [0.4, 0.5) is 5.69 Å². The highest BCUT2D eigenvalue weighted by Crippen LogP contribution is 2.31. The van der Waals surface area contributed by atoms with E-state index in [-0.39, 0.29) is 21.9 Å². The maximum atomic E-state index is 12.1. The first kappa shape index (κ1) is 13.3. The summed E-state index contributed by atoms with van der Waals surface area (Å²) in [6, 6.07) is 0.406. The van der Waals surface area contributed by atoms with Crippen LogP contribution < -0.4 is 5.32 Å². The molecule has 8 heteroatoms. The smallest absolute Gasteiger partial charge is 0.259 e. The lowest BCUT2D eigenvalue weighted by molar-refractivity contribution is 0.102. The van der Waals surface area contributed by atoms with E-state index in [4.69, 9.17) is 23.2 Å². The van der Waals surface area contributed by atoms with E-state index in [1.807, 2.05) is 4.68 Å². The van der Waals surface area contributed by atoms with Gasteiger partial charge in [0.05, 0.1) is 17.8 Å². The van der Waals surface area contributed by atoms with E-state index in [2.05, 4.69) is 20.4 Å². The molecule has 0 bridgehead atoms. The van der Waals surface area contributed by atoms with Gasteiger partial charge in [0.15, 0.2) is 10.3 Å². The third-order valence-corrected chi connectivity index (χ3v) is 3.88. The topological polar surface area (TPSA) is 72.7 Å². The fourth-order valence-electron chi connectivity index (χ4n) is 1.94. The first-order valence-electron chi connectivity index (χ1n) is 6.16. The van der Waals surface area contributed by atoms with Crippen molar-refractivity contribution in [3.8, 4) is 0 Å². The van der Waals surface area contributed by atoms with E-state index in [0.717, 1.165) is 12.8 Å². The Morgan fingerprint density at radius 3 is 2.60 bits per heavy atom. The highest BCUT2D eigenvalue weighted by molar-refractivity contribution is 6.38. The average molecular weight is 312 g/mol. The Kier molecular flexibility index (Phi) is 3.58. The Balaban J connectivity index is 1.77. The van der Waals surface area contributed by atoms with Crippen LogP contribution in [0.5, 0.6) is 0 Å². The van der Waals surface area contributed by atoms with Crippen LogP contribution in [0, 0.1) is 0 Å². The quantitative estimate of drug-likeness (QED) is 0.884. The molecule has 1 saturated carbocycles. The highest BCUT2D eigenvalue weighted by atomic mass is 35.5. The van der Waals surface area contributed by atoms with Crippen molar-refractivity contribution in [1.82, 2.24) is 19.7 Å². The van der Waals surface area contributed by atoms with Crippen molar-refractivity contribution in [2.24, 2.45) is 0 Å². The maximum absolute atomic E-state index is 12.1. The minimum atomic E-state index is -0.339. The number of rotatable bonds is 3. The van der Waals surface area contributed by atoms with Crippen LogP contribution in [0.1, 0.15) is 35.7 Å². The molecule has 0 aliphatic heterocycles. The van der Waals surface area contributed by atoms with E-state index in [9.17, 15) is 4.79 Å². The second-order valence-corrected chi connectivity index (χ2v) is 5.29. The van der Waals surface area contributed by atoms with Gasteiger partial charge in [-0.3, -0.25) is 9.48 Å². The van der Waals surface area contributed by atoms with Gasteiger partial charge in [0.2, 0.25) is 0 Å². The summed E-state index contributed by atoms with van der Waals surface area (Å²) in [4.78, 5) is 19.7. The van der Waals surface area contributed by atoms with Crippen molar-refractivity contribution in [1.29, 1.82) is 0 Å². The van der Waals surface area contributed by atoms with Gasteiger partial charge in [-0.2, -0.15) is 5.10 Å². The number of aromatic nitrogens is 4. The van der Waals surface area contributed by atoms with Crippen LogP contribution in [0.2, 0.25) is 10.3 Å². The molecule has 1 aliphatic carbocycles. The molecular formula is C12H11Cl2N5O. The molecule has 0 saturated heterocycles. The Morgan fingerprint density at radius 1 is 1.30 bits per heavy atom. The van der Waals surface area contributed by atoms with Gasteiger partial charge in [0.25, 0.3) is 5.91 Å². The molecule has 2 aromatic heterocycles. The summed E-state index contributed by atoms with van der Waals surface area (Å²) < 4.78 is 1.82. The van der Waals surface area contributed by atoms with E-state index < -0.39 is 0 Å². The van der Waals surface area contributed by atoms with E-state index in [0.29, 0.717) is 11.6 Å². The first-order valence-corrected chi connectivity index (χ1v) is 6.92. The fourth-order valence-corrected chi connectivity index (χ4v) is 2.35. The molecule has 0 aromatic carbocycles.